The van der Waals surface area contributed by atoms with E-state index in [4.69, 9.17) is 10.5 Å². The molecule has 3 N–H and O–H groups in total. The molecule has 4 rings (SSSR count). The first kappa shape index (κ1) is 23.2. The van der Waals surface area contributed by atoms with Crippen molar-refractivity contribution in [3.8, 4) is 17.0 Å². The Morgan fingerprint density at radius 2 is 1.82 bits per heavy atom. The Balaban J connectivity index is 1.40. The van der Waals surface area contributed by atoms with E-state index in [1.54, 1.807) is 23.9 Å². The molecule has 34 heavy (non-hydrogen) atoms. The lowest BCUT2D eigenvalue weighted by atomic mass is 10.0. The predicted octanol–water partition coefficient (Wildman–Crippen LogP) is 4.18. The minimum atomic E-state index is -0.624. The molecule has 2 heterocycles. The second-order valence-corrected chi connectivity index (χ2v) is 8.23. The first-order valence-corrected chi connectivity index (χ1v) is 11.2. The van der Waals surface area contributed by atoms with Crippen LogP contribution in [0.25, 0.3) is 11.3 Å². The molecule has 2 aromatic heterocycles. The molecule has 0 spiro atoms. The van der Waals surface area contributed by atoms with E-state index in [2.05, 4.69) is 9.97 Å². The number of imidazole rings is 1. The van der Waals surface area contributed by atoms with Crippen molar-refractivity contribution in [2.75, 3.05) is 0 Å². The van der Waals surface area contributed by atoms with E-state index in [0.29, 0.717) is 19.4 Å². The van der Waals surface area contributed by atoms with Crippen LogP contribution in [-0.4, -0.2) is 31.7 Å². The molecule has 0 aliphatic rings. The van der Waals surface area contributed by atoms with Gasteiger partial charge in [-0.2, -0.15) is 0 Å². The molecule has 0 aliphatic heterocycles. The number of aromatic nitrogens is 3. The van der Waals surface area contributed by atoms with Crippen LogP contribution in [0.3, 0.4) is 0 Å². The van der Waals surface area contributed by atoms with E-state index >= 15 is 0 Å². The van der Waals surface area contributed by atoms with Gasteiger partial charge >= 0.3 is 0 Å². The number of benzene rings is 2. The van der Waals surface area contributed by atoms with Crippen molar-refractivity contribution in [3.05, 3.63) is 102 Å². The van der Waals surface area contributed by atoms with Gasteiger partial charge in [0.2, 0.25) is 0 Å². The molecular formula is C27H28N4O3. The maximum Gasteiger partial charge on any atom is 0.268 e. The Kier molecular flexibility index (Phi) is 7.34. The quantitative estimate of drug-likeness (QED) is 0.373. The topological polar surface area (TPSA) is 103 Å². The lowest BCUT2D eigenvalue weighted by Gasteiger charge is -2.22. The van der Waals surface area contributed by atoms with E-state index in [-0.39, 0.29) is 11.7 Å². The summed E-state index contributed by atoms with van der Waals surface area (Å²) in [7, 11) is 0. The third kappa shape index (κ3) is 5.68. The number of carbonyl (C=O) groups is 1. The van der Waals surface area contributed by atoms with Crippen LogP contribution < -0.4 is 10.5 Å². The van der Waals surface area contributed by atoms with Crippen LogP contribution in [0.15, 0.2) is 85.5 Å². The molecule has 0 aliphatic carbocycles. The summed E-state index contributed by atoms with van der Waals surface area (Å²) in [6, 6.07) is 21.7. The van der Waals surface area contributed by atoms with Gasteiger partial charge in [0.25, 0.3) is 5.91 Å². The lowest BCUT2D eigenvalue weighted by Crippen LogP contribution is -2.21. The number of amides is 1. The number of ether oxygens (including phenoxy) is 1. The number of para-hydroxylation sites is 1. The molecule has 174 valence electrons. The number of primary amides is 1. The van der Waals surface area contributed by atoms with Gasteiger partial charge in [-0.15, -0.1) is 0 Å². The number of aliphatic hydroxyl groups excluding tert-OH is 1. The molecule has 0 fully saturated rings. The van der Waals surface area contributed by atoms with Crippen LogP contribution in [0.5, 0.6) is 5.75 Å². The summed E-state index contributed by atoms with van der Waals surface area (Å²) < 4.78 is 7.89. The summed E-state index contributed by atoms with van der Waals surface area (Å²) in [5.41, 5.74) is 9.61. The highest BCUT2D eigenvalue weighted by molar-refractivity contribution is 5.90. The largest absolute Gasteiger partial charge is 0.489 e. The van der Waals surface area contributed by atoms with Crippen LogP contribution in [0.4, 0.5) is 0 Å². The number of hydrogen-bond donors (Lipinski definition) is 2. The molecule has 0 radical (unpaired) electrons. The highest BCUT2D eigenvalue weighted by atomic mass is 16.5. The second-order valence-electron chi connectivity index (χ2n) is 8.23. The van der Waals surface area contributed by atoms with Gasteiger partial charge in [0, 0.05) is 18.0 Å². The molecule has 2 atom stereocenters. The fourth-order valence-corrected chi connectivity index (χ4v) is 3.91. The number of pyridine rings is 1. The fraction of sp³-hybridized carbons (Fsp3) is 0.222. The van der Waals surface area contributed by atoms with Gasteiger partial charge in [-0.3, -0.25) is 9.78 Å². The molecule has 2 aromatic carbocycles. The Labute approximate surface area is 198 Å². The van der Waals surface area contributed by atoms with Crippen LogP contribution in [0.2, 0.25) is 0 Å². The van der Waals surface area contributed by atoms with E-state index < -0.39 is 12.0 Å². The Hall–Kier alpha value is -3.97. The molecule has 0 bridgehead atoms. The van der Waals surface area contributed by atoms with Crippen LogP contribution in [0, 0.1) is 0 Å². The summed E-state index contributed by atoms with van der Waals surface area (Å²) in [6.45, 7) is 2.18. The molecule has 0 saturated carbocycles. The third-order valence-electron chi connectivity index (χ3n) is 5.78. The average molecular weight is 457 g/mol. The van der Waals surface area contributed by atoms with E-state index in [1.807, 2.05) is 66.7 Å². The third-order valence-corrected chi connectivity index (χ3v) is 5.78. The maximum atomic E-state index is 11.4. The zero-order chi connectivity index (χ0) is 23.9. The van der Waals surface area contributed by atoms with Crippen molar-refractivity contribution >= 4 is 5.91 Å². The summed E-state index contributed by atoms with van der Waals surface area (Å²) in [6.07, 6.45) is 5.61. The first-order chi connectivity index (χ1) is 16.5. The van der Waals surface area contributed by atoms with Crippen LogP contribution in [-0.2, 0) is 13.0 Å². The highest BCUT2D eigenvalue weighted by Gasteiger charge is 2.19. The zero-order valence-corrected chi connectivity index (χ0v) is 19.0. The van der Waals surface area contributed by atoms with Crippen LogP contribution in [0.1, 0.15) is 41.0 Å². The Morgan fingerprint density at radius 1 is 1.06 bits per heavy atom. The number of nitrogens with zero attached hydrogens (tertiary/aromatic N) is 3. The summed E-state index contributed by atoms with van der Waals surface area (Å²) >= 11 is 0. The minimum absolute atomic E-state index is 0.184. The molecule has 7 heteroatoms. The number of nitrogens with two attached hydrogens (primary N) is 1. The molecule has 0 unspecified atom stereocenters. The zero-order valence-electron chi connectivity index (χ0n) is 19.0. The van der Waals surface area contributed by atoms with Crippen molar-refractivity contribution in [2.45, 2.75) is 38.5 Å². The number of rotatable bonds is 10. The Bertz CT molecular complexity index is 1220. The molecule has 7 nitrogen and oxygen atoms in total. The number of carbonyl (C=O) groups excluding carboxylic acids is 1. The van der Waals surface area contributed by atoms with E-state index in [9.17, 15) is 9.90 Å². The predicted molar refractivity (Wildman–Crippen MR) is 130 cm³/mol. The monoisotopic (exact) mass is 456 g/mol. The van der Waals surface area contributed by atoms with Crippen molar-refractivity contribution in [1.82, 2.24) is 14.5 Å². The SMILES string of the molecule is C[C@H](O)[C@@H](CCc1ccccc1OCc1ccc(-c2ccccn2)cc1)n1cnc(C(N)=O)c1. The molecule has 1 amide bonds. The van der Waals surface area contributed by atoms with Gasteiger partial charge in [-0.05, 0) is 49.1 Å². The number of hydrogen-bond acceptors (Lipinski definition) is 5. The van der Waals surface area contributed by atoms with Crippen molar-refractivity contribution < 1.29 is 14.6 Å². The Morgan fingerprint density at radius 3 is 2.50 bits per heavy atom. The summed E-state index contributed by atoms with van der Waals surface area (Å²) in [5, 5.41) is 10.3. The average Bonchev–Trinajstić information content (AvgIpc) is 3.34. The number of aliphatic hydroxyl groups is 1. The van der Waals surface area contributed by atoms with Crippen molar-refractivity contribution in [1.29, 1.82) is 0 Å². The van der Waals surface area contributed by atoms with Gasteiger partial charge in [0.15, 0.2) is 0 Å². The van der Waals surface area contributed by atoms with Gasteiger partial charge in [0.1, 0.15) is 18.1 Å². The highest BCUT2D eigenvalue weighted by Crippen LogP contribution is 2.26. The van der Waals surface area contributed by atoms with Crippen LogP contribution >= 0.6 is 0 Å². The maximum absolute atomic E-state index is 11.4. The first-order valence-electron chi connectivity index (χ1n) is 11.2. The fourth-order valence-electron chi connectivity index (χ4n) is 3.91. The standard InChI is InChI=1S/C27H28N4O3/c1-19(32)25(31-16-24(27(28)33)30-18-31)14-13-22-6-2-3-8-26(22)34-17-20-9-11-21(12-10-20)23-7-4-5-15-29-23/h2-12,15-16,18-19,25,32H,13-14,17H2,1H3,(H2,28,33)/t19-,25+/m0/s1. The summed E-state index contributed by atoms with van der Waals surface area (Å²) in [4.78, 5) is 19.8. The minimum Gasteiger partial charge on any atom is -0.489 e. The normalized spacial score (nSPS) is 12.8. The molecule has 0 saturated heterocycles. The molecular weight excluding hydrogens is 428 g/mol. The lowest BCUT2D eigenvalue weighted by molar-refractivity contribution is 0.0994. The van der Waals surface area contributed by atoms with Gasteiger partial charge in [-0.1, -0.05) is 48.5 Å². The second kappa shape index (κ2) is 10.8. The van der Waals surface area contributed by atoms with Gasteiger partial charge < -0.3 is 20.1 Å². The van der Waals surface area contributed by atoms with Gasteiger partial charge in [0.05, 0.1) is 24.2 Å². The van der Waals surface area contributed by atoms with Crippen molar-refractivity contribution in [3.63, 3.8) is 0 Å². The van der Waals surface area contributed by atoms with E-state index in [1.165, 1.54) is 6.33 Å². The van der Waals surface area contributed by atoms with Crippen molar-refractivity contribution in [2.24, 2.45) is 5.73 Å². The van der Waals surface area contributed by atoms with E-state index in [0.717, 1.165) is 28.1 Å². The number of aryl methyl sites for hydroxylation is 1. The summed E-state index contributed by atoms with van der Waals surface area (Å²) in [5.74, 6) is 0.221. The molecule has 4 aromatic rings. The van der Waals surface area contributed by atoms with Gasteiger partial charge in [-0.25, -0.2) is 4.98 Å². The smallest absolute Gasteiger partial charge is 0.268 e.